The zero-order valence-corrected chi connectivity index (χ0v) is 8.98. The molecule has 0 radical (unpaired) electrons. The first-order valence-corrected chi connectivity index (χ1v) is 5.33. The van der Waals surface area contributed by atoms with Crippen molar-refractivity contribution in [1.82, 2.24) is 0 Å². The molecule has 78 valence electrons. The molecule has 1 aliphatic rings. The standard InChI is InChI=1S/C12H15BO2/c1-11-3-5-12(6-4-11)7-8-13-14-9-2-10-15-13/h3-8H,2,9-10H2,1H3/b8-7+. The van der Waals surface area contributed by atoms with Crippen LogP contribution in [-0.2, 0) is 9.31 Å². The molecular formula is C12H15BO2. The van der Waals surface area contributed by atoms with E-state index in [1.165, 1.54) is 11.1 Å². The second-order valence-electron chi connectivity index (χ2n) is 3.73. The fourth-order valence-corrected chi connectivity index (χ4v) is 1.48. The molecule has 0 aromatic heterocycles. The molecule has 1 aliphatic heterocycles. The van der Waals surface area contributed by atoms with Crippen LogP contribution in [0.5, 0.6) is 0 Å². The summed E-state index contributed by atoms with van der Waals surface area (Å²) in [6.45, 7) is 3.67. The lowest BCUT2D eigenvalue weighted by Crippen LogP contribution is -2.27. The van der Waals surface area contributed by atoms with Gasteiger partial charge in [0.25, 0.3) is 0 Å². The van der Waals surface area contributed by atoms with E-state index in [-0.39, 0.29) is 7.12 Å². The van der Waals surface area contributed by atoms with Gasteiger partial charge >= 0.3 is 7.12 Å². The van der Waals surface area contributed by atoms with Gasteiger partial charge in [0.15, 0.2) is 0 Å². The van der Waals surface area contributed by atoms with Crippen molar-refractivity contribution in [2.45, 2.75) is 13.3 Å². The van der Waals surface area contributed by atoms with E-state index in [1.807, 2.05) is 12.1 Å². The number of aryl methyl sites for hydroxylation is 1. The highest BCUT2D eigenvalue weighted by atomic mass is 16.6. The van der Waals surface area contributed by atoms with Crippen molar-refractivity contribution in [3.05, 3.63) is 41.4 Å². The van der Waals surface area contributed by atoms with Crippen molar-refractivity contribution in [2.24, 2.45) is 0 Å². The van der Waals surface area contributed by atoms with Gasteiger partial charge in [-0.15, -0.1) is 0 Å². The van der Waals surface area contributed by atoms with E-state index in [2.05, 4.69) is 31.2 Å². The van der Waals surface area contributed by atoms with E-state index in [0.29, 0.717) is 0 Å². The predicted octanol–water partition coefficient (Wildman–Crippen LogP) is 2.47. The third-order valence-corrected chi connectivity index (χ3v) is 2.38. The quantitative estimate of drug-likeness (QED) is 0.686. The van der Waals surface area contributed by atoms with Gasteiger partial charge < -0.3 is 9.31 Å². The molecule has 1 fully saturated rings. The molecule has 0 unspecified atom stereocenters. The molecule has 1 saturated heterocycles. The van der Waals surface area contributed by atoms with Gasteiger partial charge in [0, 0.05) is 13.2 Å². The monoisotopic (exact) mass is 202 g/mol. The number of benzene rings is 1. The minimum absolute atomic E-state index is 0.167. The Labute approximate surface area is 91.0 Å². The smallest absolute Gasteiger partial charge is 0.408 e. The lowest BCUT2D eigenvalue weighted by Gasteiger charge is -2.16. The predicted molar refractivity (Wildman–Crippen MR) is 62.5 cm³/mol. The lowest BCUT2D eigenvalue weighted by molar-refractivity contribution is 0.142. The molecule has 0 atom stereocenters. The molecule has 0 spiro atoms. The maximum atomic E-state index is 5.41. The summed E-state index contributed by atoms with van der Waals surface area (Å²) in [5.41, 5.74) is 2.45. The first-order chi connectivity index (χ1) is 7.34. The molecule has 0 N–H and O–H groups in total. The minimum Gasteiger partial charge on any atom is -0.408 e. The average Bonchev–Trinajstić information content (AvgIpc) is 2.30. The highest BCUT2D eigenvalue weighted by molar-refractivity contribution is 6.51. The Morgan fingerprint density at radius 1 is 1.13 bits per heavy atom. The highest BCUT2D eigenvalue weighted by Crippen LogP contribution is 2.08. The molecule has 15 heavy (non-hydrogen) atoms. The van der Waals surface area contributed by atoms with E-state index in [4.69, 9.17) is 9.31 Å². The van der Waals surface area contributed by atoms with Crippen molar-refractivity contribution in [3.63, 3.8) is 0 Å². The van der Waals surface area contributed by atoms with Gasteiger partial charge in [-0.25, -0.2) is 0 Å². The van der Waals surface area contributed by atoms with E-state index >= 15 is 0 Å². The Bertz CT molecular complexity index is 326. The second kappa shape index (κ2) is 5.15. The minimum atomic E-state index is -0.167. The summed E-state index contributed by atoms with van der Waals surface area (Å²) < 4.78 is 10.8. The molecule has 1 aromatic rings. The summed E-state index contributed by atoms with van der Waals surface area (Å²) in [6.07, 6.45) is 3.03. The van der Waals surface area contributed by atoms with Gasteiger partial charge in [-0.3, -0.25) is 0 Å². The number of rotatable bonds is 2. The zero-order chi connectivity index (χ0) is 10.5. The first kappa shape index (κ1) is 10.5. The topological polar surface area (TPSA) is 18.5 Å². The summed E-state index contributed by atoms with van der Waals surface area (Å²) >= 11 is 0. The maximum Gasteiger partial charge on any atom is 0.486 e. The van der Waals surface area contributed by atoms with Gasteiger partial charge in [0.1, 0.15) is 0 Å². The molecule has 3 heteroatoms. The third kappa shape index (κ3) is 3.22. The van der Waals surface area contributed by atoms with Gasteiger partial charge in [-0.2, -0.15) is 0 Å². The van der Waals surface area contributed by atoms with Crippen LogP contribution in [0.3, 0.4) is 0 Å². The van der Waals surface area contributed by atoms with Crippen molar-refractivity contribution in [1.29, 1.82) is 0 Å². The fraction of sp³-hybridized carbons (Fsp3) is 0.333. The van der Waals surface area contributed by atoms with Gasteiger partial charge in [-0.05, 0) is 18.9 Å². The van der Waals surface area contributed by atoms with Crippen LogP contribution in [0.25, 0.3) is 6.08 Å². The Hall–Kier alpha value is -1.06. The molecule has 2 rings (SSSR count). The van der Waals surface area contributed by atoms with Crippen LogP contribution in [-0.4, -0.2) is 20.3 Å². The molecular weight excluding hydrogens is 187 g/mol. The summed E-state index contributed by atoms with van der Waals surface area (Å²) in [7, 11) is -0.167. The average molecular weight is 202 g/mol. The van der Waals surface area contributed by atoms with Crippen molar-refractivity contribution >= 4 is 13.2 Å². The maximum absolute atomic E-state index is 5.41. The normalized spacial score (nSPS) is 17.3. The highest BCUT2D eigenvalue weighted by Gasteiger charge is 2.17. The summed E-state index contributed by atoms with van der Waals surface area (Å²) in [4.78, 5) is 0. The van der Waals surface area contributed by atoms with Crippen molar-refractivity contribution < 1.29 is 9.31 Å². The Morgan fingerprint density at radius 3 is 2.47 bits per heavy atom. The zero-order valence-electron chi connectivity index (χ0n) is 8.98. The summed E-state index contributed by atoms with van der Waals surface area (Å²) in [6, 6.07) is 8.38. The molecule has 2 nitrogen and oxygen atoms in total. The van der Waals surface area contributed by atoms with Gasteiger partial charge in [-0.1, -0.05) is 41.9 Å². The summed E-state index contributed by atoms with van der Waals surface area (Å²) in [5, 5.41) is 0. The third-order valence-electron chi connectivity index (χ3n) is 2.38. The molecule has 0 saturated carbocycles. The first-order valence-electron chi connectivity index (χ1n) is 5.33. The Morgan fingerprint density at radius 2 is 1.80 bits per heavy atom. The SMILES string of the molecule is Cc1ccc(/C=C/B2OCCCO2)cc1. The molecule has 0 aliphatic carbocycles. The van der Waals surface area contributed by atoms with Crippen molar-refractivity contribution in [2.75, 3.05) is 13.2 Å². The van der Waals surface area contributed by atoms with E-state index in [0.717, 1.165) is 19.6 Å². The van der Waals surface area contributed by atoms with Crippen LogP contribution >= 0.6 is 0 Å². The van der Waals surface area contributed by atoms with Crippen LogP contribution < -0.4 is 0 Å². The number of hydrogen-bond acceptors (Lipinski definition) is 2. The van der Waals surface area contributed by atoms with E-state index in [9.17, 15) is 0 Å². The van der Waals surface area contributed by atoms with Crippen LogP contribution in [0.2, 0.25) is 0 Å². The van der Waals surface area contributed by atoms with E-state index in [1.54, 1.807) is 0 Å². The second-order valence-corrected chi connectivity index (χ2v) is 3.73. The molecule has 1 aromatic carbocycles. The van der Waals surface area contributed by atoms with Crippen LogP contribution in [0.1, 0.15) is 17.5 Å². The summed E-state index contributed by atoms with van der Waals surface area (Å²) in [5.74, 6) is 1.96. The van der Waals surface area contributed by atoms with Crippen molar-refractivity contribution in [3.8, 4) is 0 Å². The molecule has 1 heterocycles. The van der Waals surface area contributed by atoms with Gasteiger partial charge in [0.05, 0.1) is 0 Å². The molecule has 0 bridgehead atoms. The van der Waals surface area contributed by atoms with Crippen LogP contribution in [0.15, 0.2) is 30.2 Å². The van der Waals surface area contributed by atoms with Crippen LogP contribution in [0, 0.1) is 6.92 Å². The van der Waals surface area contributed by atoms with E-state index < -0.39 is 0 Å². The molecule has 0 amide bonds. The van der Waals surface area contributed by atoms with Crippen LogP contribution in [0.4, 0.5) is 0 Å². The largest absolute Gasteiger partial charge is 0.486 e. The lowest BCUT2D eigenvalue weighted by atomic mass is 9.87. The number of hydrogen-bond donors (Lipinski definition) is 0. The fourth-order valence-electron chi connectivity index (χ4n) is 1.48. The Balaban J connectivity index is 1.95. The van der Waals surface area contributed by atoms with Gasteiger partial charge in [0.2, 0.25) is 0 Å². The Kier molecular flexibility index (Phi) is 3.59.